The van der Waals surface area contributed by atoms with Gasteiger partial charge in [0, 0.05) is 0 Å². The number of aryl methyl sites for hydroxylation is 1. The zero-order valence-corrected chi connectivity index (χ0v) is 13.3. The number of pyridine rings is 1. The number of rotatable bonds is 4. The maximum Gasteiger partial charge on any atom is 0.335 e. The first kappa shape index (κ1) is 15.5. The third kappa shape index (κ3) is 3.59. The van der Waals surface area contributed by atoms with Crippen molar-refractivity contribution in [3.8, 4) is 0 Å². The zero-order valence-electron chi connectivity index (χ0n) is 10.9. The summed E-state index contributed by atoms with van der Waals surface area (Å²) in [5, 5.41) is 8.96. The van der Waals surface area contributed by atoms with Gasteiger partial charge in [-0.1, -0.05) is 6.07 Å². The van der Waals surface area contributed by atoms with E-state index in [1.165, 1.54) is 18.3 Å². The van der Waals surface area contributed by atoms with Crippen LogP contribution in [0.3, 0.4) is 0 Å². The molecule has 0 radical (unpaired) electrons. The topological polar surface area (TPSA) is 96.4 Å². The molecule has 0 saturated carbocycles. The highest BCUT2D eigenvalue weighted by Crippen LogP contribution is 2.21. The lowest BCUT2D eigenvalue weighted by Gasteiger charge is -2.11. The first-order valence-electron chi connectivity index (χ1n) is 5.78. The van der Waals surface area contributed by atoms with Gasteiger partial charge in [-0.05, 0) is 52.7 Å². The second-order valence-corrected chi connectivity index (χ2v) is 6.72. The van der Waals surface area contributed by atoms with Gasteiger partial charge in [-0.3, -0.25) is 4.72 Å². The number of nitrogens with zero attached hydrogens (tertiary/aromatic N) is 1. The van der Waals surface area contributed by atoms with Gasteiger partial charge in [0.2, 0.25) is 0 Å². The third-order valence-corrected chi connectivity index (χ3v) is 4.70. The average molecular weight is 371 g/mol. The number of aromatic nitrogens is 1. The van der Waals surface area contributed by atoms with E-state index in [0.717, 1.165) is 6.07 Å². The van der Waals surface area contributed by atoms with E-state index < -0.39 is 16.0 Å². The summed E-state index contributed by atoms with van der Waals surface area (Å²) in [6, 6.07) is 7.09. The molecule has 0 saturated heterocycles. The molecule has 1 aromatic heterocycles. The Balaban J connectivity index is 2.41. The molecule has 0 aliphatic rings. The van der Waals surface area contributed by atoms with E-state index in [1.54, 1.807) is 19.1 Å². The molecule has 0 fully saturated rings. The van der Waals surface area contributed by atoms with Crippen molar-refractivity contribution in [2.45, 2.75) is 11.8 Å². The van der Waals surface area contributed by atoms with Crippen LogP contribution in [0.1, 0.15) is 15.9 Å². The summed E-state index contributed by atoms with van der Waals surface area (Å²) in [7, 11) is -3.88. The molecule has 110 valence electrons. The molecule has 0 aliphatic heterocycles. The van der Waals surface area contributed by atoms with Crippen LogP contribution in [0.5, 0.6) is 0 Å². The van der Waals surface area contributed by atoms with Gasteiger partial charge in [0.05, 0.1) is 22.3 Å². The molecule has 0 aliphatic carbocycles. The van der Waals surface area contributed by atoms with Crippen molar-refractivity contribution < 1.29 is 18.3 Å². The number of carboxylic acids is 1. The predicted molar refractivity (Wildman–Crippen MR) is 80.9 cm³/mol. The quantitative estimate of drug-likeness (QED) is 0.806. The maximum absolute atomic E-state index is 12.3. The summed E-state index contributed by atoms with van der Waals surface area (Å²) in [6.45, 7) is 1.60. The molecule has 1 aromatic carbocycles. The first-order chi connectivity index (χ1) is 9.79. The van der Waals surface area contributed by atoms with Crippen molar-refractivity contribution in [1.29, 1.82) is 0 Å². The van der Waals surface area contributed by atoms with Gasteiger partial charge in [-0.15, -0.1) is 0 Å². The Morgan fingerprint density at radius 2 is 2.00 bits per heavy atom. The summed E-state index contributed by atoms with van der Waals surface area (Å²) in [6.07, 6.45) is 1.36. The van der Waals surface area contributed by atoms with Crippen molar-refractivity contribution in [3.05, 3.63) is 52.3 Å². The van der Waals surface area contributed by atoms with E-state index in [2.05, 4.69) is 25.6 Å². The van der Waals surface area contributed by atoms with E-state index in [0.29, 0.717) is 15.9 Å². The van der Waals surface area contributed by atoms with Gasteiger partial charge in [0.25, 0.3) is 10.0 Å². The number of benzene rings is 1. The molecule has 0 bridgehead atoms. The molecule has 2 rings (SSSR count). The number of carboxylic acid groups (broad SMARTS) is 1. The average Bonchev–Trinajstić information content (AvgIpc) is 2.41. The van der Waals surface area contributed by atoms with Crippen LogP contribution < -0.4 is 4.72 Å². The van der Waals surface area contributed by atoms with Gasteiger partial charge in [0.15, 0.2) is 0 Å². The van der Waals surface area contributed by atoms with Crippen molar-refractivity contribution in [2.75, 3.05) is 4.72 Å². The zero-order chi connectivity index (χ0) is 15.6. The standard InChI is InChI=1S/C13H11BrN2O4S/c1-8-2-3-9(13(17)18)6-11(8)21(19,20)16-10-4-5-12(14)15-7-10/h2-7,16H,1H3,(H,17,18). The smallest absolute Gasteiger partial charge is 0.335 e. The lowest BCUT2D eigenvalue weighted by molar-refractivity contribution is 0.0696. The molecule has 2 N–H and O–H groups in total. The number of hydrogen-bond acceptors (Lipinski definition) is 4. The largest absolute Gasteiger partial charge is 0.478 e. The highest BCUT2D eigenvalue weighted by Gasteiger charge is 2.19. The van der Waals surface area contributed by atoms with Gasteiger partial charge >= 0.3 is 5.97 Å². The number of carbonyl (C=O) groups is 1. The minimum atomic E-state index is -3.88. The van der Waals surface area contributed by atoms with Crippen molar-refractivity contribution in [1.82, 2.24) is 4.98 Å². The number of sulfonamides is 1. The highest BCUT2D eigenvalue weighted by molar-refractivity contribution is 9.10. The lowest BCUT2D eigenvalue weighted by atomic mass is 10.1. The number of hydrogen-bond donors (Lipinski definition) is 2. The molecule has 0 amide bonds. The fourth-order valence-electron chi connectivity index (χ4n) is 1.67. The Morgan fingerprint density at radius 1 is 1.29 bits per heavy atom. The van der Waals surface area contributed by atoms with Crippen LogP contribution in [0.25, 0.3) is 0 Å². The fraction of sp³-hybridized carbons (Fsp3) is 0.0769. The summed E-state index contributed by atoms with van der Waals surface area (Å²) in [5.74, 6) is -1.18. The summed E-state index contributed by atoms with van der Waals surface area (Å²) >= 11 is 3.15. The molecule has 21 heavy (non-hydrogen) atoms. The Morgan fingerprint density at radius 3 is 2.57 bits per heavy atom. The lowest BCUT2D eigenvalue weighted by Crippen LogP contribution is -2.15. The minimum Gasteiger partial charge on any atom is -0.478 e. The molecular formula is C13H11BrN2O4S. The van der Waals surface area contributed by atoms with Crippen LogP contribution in [-0.4, -0.2) is 24.5 Å². The molecule has 8 heteroatoms. The van der Waals surface area contributed by atoms with Gasteiger partial charge in [0.1, 0.15) is 4.60 Å². The molecule has 0 spiro atoms. The molecule has 0 unspecified atom stereocenters. The van der Waals surface area contributed by atoms with Crippen molar-refractivity contribution >= 4 is 37.6 Å². The van der Waals surface area contributed by atoms with Crippen LogP contribution in [0, 0.1) is 6.92 Å². The van der Waals surface area contributed by atoms with E-state index in [9.17, 15) is 13.2 Å². The summed E-state index contributed by atoms with van der Waals surface area (Å²) in [4.78, 5) is 14.8. The van der Waals surface area contributed by atoms with Crippen molar-refractivity contribution in [3.63, 3.8) is 0 Å². The van der Waals surface area contributed by atoms with Crippen LogP contribution in [0.15, 0.2) is 46.0 Å². The Bertz CT molecular complexity index is 788. The third-order valence-electron chi connectivity index (χ3n) is 2.70. The van der Waals surface area contributed by atoms with Gasteiger partial charge in [-0.2, -0.15) is 0 Å². The number of nitrogens with one attached hydrogen (secondary N) is 1. The van der Waals surface area contributed by atoms with Crippen LogP contribution in [0.4, 0.5) is 5.69 Å². The predicted octanol–water partition coefficient (Wildman–Crippen LogP) is 2.65. The monoisotopic (exact) mass is 370 g/mol. The SMILES string of the molecule is Cc1ccc(C(=O)O)cc1S(=O)(=O)Nc1ccc(Br)nc1. The molecule has 2 aromatic rings. The van der Waals surface area contributed by atoms with E-state index in [-0.39, 0.29) is 10.5 Å². The molecular weight excluding hydrogens is 360 g/mol. The Hall–Kier alpha value is -1.93. The normalized spacial score (nSPS) is 11.1. The summed E-state index contributed by atoms with van der Waals surface area (Å²) in [5.41, 5.74) is 0.658. The highest BCUT2D eigenvalue weighted by atomic mass is 79.9. The number of anilines is 1. The van der Waals surface area contributed by atoms with E-state index in [4.69, 9.17) is 5.11 Å². The van der Waals surface area contributed by atoms with Gasteiger partial charge in [-0.25, -0.2) is 18.2 Å². The molecule has 6 nitrogen and oxygen atoms in total. The first-order valence-corrected chi connectivity index (χ1v) is 8.05. The van der Waals surface area contributed by atoms with Gasteiger partial charge < -0.3 is 5.11 Å². The second-order valence-electron chi connectivity index (χ2n) is 4.26. The van der Waals surface area contributed by atoms with Crippen molar-refractivity contribution in [2.24, 2.45) is 0 Å². The number of halogens is 1. The van der Waals surface area contributed by atoms with E-state index in [1.807, 2.05) is 0 Å². The maximum atomic E-state index is 12.3. The van der Waals surface area contributed by atoms with Crippen LogP contribution >= 0.6 is 15.9 Å². The summed E-state index contributed by atoms with van der Waals surface area (Å²) < 4.78 is 27.6. The minimum absolute atomic E-state index is 0.0784. The fourth-order valence-corrected chi connectivity index (χ4v) is 3.22. The van der Waals surface area contributed by atoms with Crippen LogP contribution in [0.2, 0.25) is 0 Å². The Labute approximate surface area is 130 Å². The second kappa shape index (κ2) is 5.82. The van der Waals surface area contributed by atoms with Crippen LogP contribution in [-0.2, 0) is 10.0 Å². The molecule has 1 heterocycles. The number of aromatic carboxylic acids is 1. The van der Waals surface area contributed by atoms with E-state index >= 15 is 0 Å². The Kier molecular flexibility index (Phi) is 4.29. The molecule has 0 atom stereocenters.